The zero-order chi connectivity index (χ0) is 18.4. The fourth-order valence-corrected chi connectivity index (χ4v) is 3.31. The van der Waals surface area contributed by atoms with Crippen molar-refractivity contribution in [2.75, 3.05) is 13.1 Å². The van der Waals surface area contributed by atoms with Gasteiger partial charge in [-0.3, -0.25) is 4.79 Å². The Bertz CT molecular complexity index is 756. The highest BCUT2D eigenvalue weighted by Crippen LogP contribution is 2.28. The number of benzene rings is 1. The predicted molar refractivity (Wildman–Crippen MR) is 107 cm³/mol. The van der Waals surface area contributed by atoms with Crippen molar-refractivity contribution in [3.05, 3.63) is 39.0 Å². The lowest BCUT2D eigenvalue weighted by Crippen LogP contribution is -2.38. The molecule has 6 nitrogen and oxygen atoms in total. The summed E-state index contributed by atoms with van der Waals surface area (Å²) < 4.78 is 6.22. The standard InChI is InChI=1S/C17H20IN3O3S/c1-17(2,3)24-16(23)20-8-7-19-15(22)13-14(25-10-21-13)11-5-4-6-12(18)9-11/h4-6,9-10H,7-8H2,1-3H3,(H,19,22)(H,20,23). The maximum absolute atomic E-state index is 12.3. The van der Waals surface area contributed by atoms with Gasteiger partial charge < -0.3 is 15.4 Å². The molecule has 0 saturated heterocycles. The monoisotopic (exact) mass is 473 g/mol. The van der Waals surface area contributed by atoms with Gasteiger partial charge in [0.05, 0.1) is 10.4 Å². The second-order valence-corrected chi connectivity index (χ2v) is 8.33. The lowest BCUT2D eigenvalue weighted by atomic mass is 10.1. The maximum atomic E-state index is 12.3. The molecule has 0 aliphatic carbocycles. The molecular formula is C17H20IN3O3S. The average molecular weight is 473 g/mol. The Balaban J connectivity index is 1.88. The summed E-state index contributed by atoms with van der Waals surface area (Å²) >= 11 is 3.66. The summed E-state index contributed by atoms with van der Waals surface area (Å²) in [5.74, 6) is -0.263. The summed E-state index contributed by atoms with van der Waals surface area (Å²) in [7, 11) is 0. The molecule has 0 aliphatic heterocycles. The molecule has 8 heteroatoms. The molecular weight excluding hydrogens is 453 g/mol. The van der Waals surface area contributed by atoms with Gasteiger partial charge in [-0.25, -0.2) is 9.78 Å². The molecule has 0 saturated carbocycles. The number of nitrogens with one attached hydrogen (secondary N) is 2. The smallest absolute Gasteiger partial charge is 0.407 e. The Morgan fingerprint density at radius 2 is 1.96 bits per heavy atom. The number of carbonyl (C=O) groups is 2. The number of hydrogen-bond acceptors (Lipinski definition) is 5. The predicted octanol–water partition coefficient (Wildman–Crippen LogP) is 3.67. The van der Waals surface area contributed by atoms with Crippen LogP contribution in [0.2, 0.25) is 0 Å². The fourth-order valence-electron chi connectivity index (χ4n) is 1.98. The highest BCUT2D eigenvalue weighted by molar-refractivity contribution is 14.1. The quantitative estimate of drug-likeness (QED) is 0.513. The van der Waals surface area contributed by atoms with Crippen molar-refractivity contribution in [2.24, 2.45) is 0 Å². The van der Waals surface area contributed by atoms with E-state index >= 15 is 0 Å². The van der Waals surface area contributed by atoms with E-state index in [2.05, 4.69) is 38.2 Å². The third-order valence-electron chi connectivity index (χ3n) is 2.95. The summed E-state index contributed by atoms with van der Waals surface area (Å²) in [5.41, 5.74) is 2.47. The summed E-state index contributed by atoms with van der Waals surface area (Å²) in [6, 6.07) is 7.90. The third-order valence-corrected chi connectivity index (χ3v) is 4.49. The van der Waals surface area contributed by atoms with Crippen LogP contribution in [-0.4, -0.2) is 35.7 Å². The van der Waals surface area contributed by atoms with E-state index in [0.717, 1.165) is 14.0 Å². The first-order valence-electron chi connectivity index (χ1n) is 7.71. The van der Waals surface area contributed by atoms with Crippen molar-refractivity contribution in [1.82, 2.24) is 15.6 Å². The number of halogens is 1. The highest BCUT2D eigenvalue weighted by Gasteiger charge is 2.17. The van der Waals surface area contributed by atoms with Gasteiger partial charge in [0.25, 0.3) is 5.91 Å². The molecule has 0 spiro atoms. The van der Waals surface area contributed by atoms with Gasteiger partial charge in [0, 0.05) is 16.7 Å². The minimum Gasteiger partial charge on any atom is -0.444 e. The fraction of sp³-hybridized carbons (Fsp3) is 0.353. The van der Waals surface area contributed by atoms with Crippen LogP contribution in [0.25, 0.3) is 10.4 Å². The minimum atomic E-state index is -0.546. The number of thiazole rings is 1. The Morgan fingerprint density at radius 1 is 1.24 bits per heavy atom. The van der Waals surface area contributed by atoms with E-state index in [9.17, 15) is 9.59 Å². The van der Waals surface area contributed by atoms with Crippen LogP contribution < -0.4 is 10.6 Å². The number of alkyl carbamates (subject to hydrolysis) is 1. The second-order valence-electron chi connectivity index (χ2n) is 6.23. The Hall–Kier alpha value is -1.68. The molecule has 2 N–H and O–H groups in total. The average Bonchev–Trinajstić information content (AvgIpc) is 2.99. The molecule has 2 aromatic rings. The van der Waals surface area contributed by atoms with Crippen molar-refractivity contribution in [3.63, 3.8) is 0 Å². The van der Waals surface area contributed by atoms with E-state index < -0.39 is 11.7 Å². The van der Waals surface area contributed by atoms with Crippen LogP contribution in [0.4, 0.5) is 4.79 Å². The number of amides is 2. The molecule has 0 radical (unpaired) electrons. The highest BCUT2D eigenvalue weighted by atomic mass is 127. The van der Waals surface area contributed by atoms with Crippen LogP contribution in [-0.2, 0) is 4.74 Å². The van der Waals surface area contributed by atoms with Crippen molar-refractivity contribution in [3.8, 4) is 10.4 Å². The van der Waals surface area contributed by atoms with E-state index in [0.29, 0.717) is 12.2 Å². The largest absolute Gasteiger partial charge is 0.444 e. The summed E-state index contributed by atoms with van der Waals surface area (Å²) in [5, 5.41) is 5.36. The first-order chi connectivity index (χ1) is 11.8. The molecule has 0 atom stereocenters. The Kier molecular flexibility index (Phi) is 6.77. The van der Waals surface area contributed by atoms with E-state index in [1.807, 2.05) is 24.3 Å². The second kappa shape index (κ2) is 8.61. The van der Waals surface area contributed by atoms with Gasteiger partial charge in [-0.15, -0.1) is 11.3 Å². The molecule has 1 heterocycles. The van der Waals surface area contributed by atoms with Gasteiger partial charge in [0.1, 0.15) is 11.3 Å². The molecule has 1 aromatic carbocycles. The van der Waals surface area contributed by atoms with E-state index in [-0.39, 0.29) is 12.5 Å². The summed E-state index contributed by atoms with van der Waals surface area (Å²) in [4.78, 5) is 28.9. The molecule has 0 bridgehead atoms. The number of aromatic nitrogens is 1. The molecule has 0 fully saturated rings. The van der Waals surface area contributed by atoms with E-state index in [4.69, 9.17) is 4.74 Å². The van der Waals surface area contributed by atoms with Gasteiger partial charge in [-0.1, -0.05) is 12.1 Å². The summed E-state index contributed by atoms with van der Waals surface area (Å²) in [6.45, 7) is 5.96. The van der Waals surface area contributed by atoms with Crippen LogP contribution in [0.1, 0.15) is 31.3 Å². The maximum Gasteiger partial charge on any atom is 0.407 e. The van der Waals surface area contributed by atoms with E-state index in [1.165, 1.54) is 11.3 Å². The lowest BCUT2D eigenvalue weighted by Gasteiger charge is -2.19. The first kappa shape index (κ1) is 19.6. The van der Waals surface area contributed by atoms with Crippen molar-refractivity contribution in [2.45, 2.75) is 26.4 Å². The van der Waals surface area contributed by atoms with Crippen molar-refractivity contribution in [1.29, 1.82) is 0 Å². The molecule has 0 unspecified atom stereocenters. The van der Waals surface area contributed by atoms with Crippen molar-refractivity contribution >= 4 is 45.9 Å². The SMILES string of the molecule is CC(C)(C)OC(=O)NCCNC(=O)c1ncsc1-c1cccc(I)c1. The van der Waals surface area contributed by atoms with Gasteiger partial charge in [-0.2, -0.15) is 0 Å². The van der Waals surface area contributed by atoms with Crippen LogP contribution >= 0.6 is 33.9 Å². The molecule has 2 amide bonds. The lowest BCUT2D eigenvalue weighted by molar-refractivity contribution is 0.0526. The van der Waals surface area contributed by atoms with Crippen LogP contribution in [0.15, 0.2) is 29.8 Å². The molecule has 0 aliphatic rings. The number of ether oxygens (including phenoxy) is 1. The van der Waals surface area contributed by atoms with Crippen molar-refractivity contribution < 1.29 is 14.3 Å². The molecule has 134 valence electrons. The van der Waals surface area contributed by atoms with Crippen LogP contribution in [0.5, 0.6) is 0 Å². The Morgan fingerprint density at radius 3 is 2.64 bits per heavy atom. The zero-order valence-corrected chi connectivity index (χ0v) is 17.2. The van der Waals surface area contributed by atoms with E-state index in [1.54, 1.807) is 26.3 Å². The number of hydrogen-bond donors (Lipinski definition) is 2. The van der Waals surface area contributed by atoms with Crippen LogP contribution in [0, 0.1) is 3.57 Å². The molecule has 1 aromatic heterocycles. The molecule has 2 rings (SSSR count). The Labute approximate surface area is 164 Å². The topological polar surface area (TPSA) is 80.3 Å². The zero-order valence-electron chi connectivity index (χ0n) is 14.3. The van der Waals surface area contributed by atoms with Crippen LogP contribution in [0.3, 0.4) is 0 Å². The minimum absolute atomic E-state index is 0.263. The first-order valence-corrected chi connectivity index (χ1v) is 9.66. The van der Waals surface area contributed by atoms with Gasteiger partial charge in [0.2, 0.25) is 0 Å². The number of rotatable bonds is 5. The number of nitrogens with zero attached hydrogens (tertiary/aromatic N) is 1. The third kappa shape index (κ3) is 6.28. The number of carbonyl (C=O) groups excluding carboxylic acids is 2. The van der Waals surface area contributed by atoms with Gasteiger partial charge >= 0.3 is 6.09 Å². The molecule has 25 heavy (non-hydrogen) atoms. The van der Waals surface area contributed by atoms with Gasteiger partial charge in [0.15, 0.2) is 0 Å². The van der Waals surface area contributed by atoms with Gasteiger partial charge in [-0.05, 0) is 61.1 Å². The summed E-state index contributed by atoms with van der Waals surface area (Å²) in [6.07, 6.45) is -0.505. The normalized spacial score (nSPS) is 11.0.